The topological polar surface area (TPSA) is 131 Å². The fourth-order valence-corrected chi connectivity index (χ4v) is 4.09. The van der Waals surface area contributed by atoms with E-state index in [0.717, 1.165) is 5.56 Å². The molecule has 30 heavy (non-hydrogen) atoms. The van der Waals surface area contributed by atoms with Crippen LogP contribution in [0.25, 0.3) is 11.4 Å². The van der Waals surface area contributed by atoms with Gasteiger partial charge in [0.2, 0.25) is 11.7 Å². The van der Waals surface area contributed by atoms with E-state index >= 15 is 0 Å². The summed E-state index contributed by atoms with van der Waals surface area (Å²) < 4.78 is 33.0. The number of allylic oxidation sites excluding steroid dienone is 2. The van der Waals surface area contributed by atoms with E-state index in [1.54, 1.807) is 47.8 Å². The van der Waals surface area contributed by atoms with E-state index in [1.165, 1.54) is 0 Å². The quantitative estimate of drug-likeness (QED) is 0.757. The van der Waals surface area contributed by atoms with Crippen LogP contribution in [0.1, 0.15) is 25.8 Å². The lowest BCUT2D eigenvalue weighted by Crippen LogP contribution is -2.43. The molecule has 2 aromatic heterocycles. The third-order valence-corrected chi connectivity index (χ3v) is 5.85. The average Bonchev–Trinajstić information content (AvgIpc) is 3.21. The van der Waals surface area contributed by atoms with Crippen LogP contribution in [0.3, 0.4) is 0 Å². The Hall–Kier alpha value is -3.34. The van der Waals surface area contributed by atoms with Gasteiger partial charge in [0, 0.05) is 30.7 Å². The van der Waals surface area contributed by atoms with Crippen molar-refractivity contribution in [1.82, 2.24) is 25.3 Å². The highest BCUT2D eigenvalue weighted by atomic mass is 32.2. The molecule has 0 fully saturated rings. The normalized spacial score (nSPS) is 18.4. The Balaban J connectivity index is 1.59. The molecule has 4 heterocycles. The van der Waals surface area contributed by atoms with Crippen LogP contribution in [0, 0.1) is 5.92 Å². The number of aromatic nitrogens is 3. The fourth-order valence-electron chi connectivity index (χ4n) is 3.11. The summed E-state index contributed by atoms with van der Waals surface area (Å²) in [6.07, 6.45) is 8.18. The molecule has 0 saturated heterocycles. The molecule has 0 aromatic carbocycles. The molecule has 0 radical (unpaired) electrons. The van der Waals surface area contributed by atoms with Gasteiger partial charge in [0.25, 0.3) is 15.9 Å². The zero-order valence-corrected chi connectivity index (χ0v) is 17.2. The monoisotopic (exact) mass is 428 g/mol. The van der Waals surface area contributed by atoms with Crippen LogP contribution in [0.15, 0.2) is 57.4 Å². The highest BCUT2D eigenvalue weighted by Crippen LogP contribution is 2.25. The maximum absolute atomic E-state index is 13.0. The molecule has 4 rings (SSSR count). The molecule has 10 nitrogen and oxygen atoms in total. The number of carbonyl (C=O) groups excluding carboxylic acids is 1. The van der Waals surface area contributed by atoms with Crippen LogP contribution in [0.5, 0.6) is 0 Å². The lowest BCUT2D eigenvalue weighted by atomic mass is 10.0. The number of nitrogens with one attached hydrogen (secondary N) is 1. The van der Waals surface area contributed by atoms with E-state index in [1.807, 2.05) is 13.8 Å². The number of rotatable bonds is 5. The van der Waals surface area contributed by atoms with E-state index in [9.17, 15) is 13.2 Å². The highest BCUT2D eigenvalue weighted by Gasteiger charge is 2.32. The minimum Gasteiger partial charge on any atom is -0.340 e. The number of carbonyl (C=O) groups is 1. The van der Waals surface area contributed by atoms with Gasteiger partial charge in [0.05, 0.1) is 11.3 Å². The second kappa shape index (κ2) is 7.82. The second-order valence-electron chi connectivity index (χ2n) is 7.20. The fraction of sp³-hybridized carbons (Fsp3) is 0.316. The molecule has 2 aromatic rings. The summed E-state index contributed by atoms with van der Waals surface area (Å²) in [4.78, 5) is 23.0. The average molecular weight is 428 g/mol. The van der Waals surface area contributed by atoms with E-state index < -0.39 is 22.0 Å². The molecule has 0 spiro atoms. The zero-order chi connectivity index (χ0) is 21.3. The second-order valence-corrected chi connectivity index (χ2v) is 8.96. The Morgan fingerprint density at radius 2 is 2.03 bits per heavy atom. The Morgan fingerprint density at radius 1 is 1.27 bits per heavy atom. The van der Waals surface area contributed by atoms with E-state index in [4.69, 9.17) is 4.52 Å². The third kappa shape index (κ3) is 4.01. The predicted molar refractivity (Wildman–Crippen MR) is 108 cm³/mol. The molecule has 1 amide bonds. The van der Waals surface area contributed by atoms with Crippen LogP contribution in [0.4, 0.5) is 0 Å². The highest BCUT2D eigenvalue weighted by molar-refractivity contribution is 7.90. The van der Waals surface area contributed by atoms with Crippen molar-refractivity contribution in [2.45, 2.75) is 19.9 Å². The molecule has 1 unspecified atom stereocenters. The minimum absolute atomic E-state index is 0.0625. The van der Waals surface area contributed by atoms with Gasteiger partial charge in [-0.2, -0.15) is 4.98 Å². The van der Waals surface area contributed by atoms with Crippen molar-refractivity contribution in [2.24, 2.45) is 10.3 Å². The standard InChI is InChI=1S/C19H20N6O4S/c1-12(2)15(19-22-16(23-29-19)13-5-7-20-8-6-13)21-18(26)14-4-3-9-25-10-11-30(27,28)24-17(14)25/h3-9,12,15H,10-11H2,1-2H3,(H,21,26). The smallest absolute Gasteiger partial charge is 0.256 e. The van der Waals surface area contributed by atoms with Crippen molar-refractivity contribution in [2.75, 3.05) is 12.3 Å². The van der Waals surface area contributed by atoms with Gasteiger partial charge in [0.15, 0.2) is 5.84 Å². The largest absolute Gasteiger partial charge is 0.340 e. The number of amidine groups is 1. The Labute approximate surface area is 173 Å². The summed E-state index contributed by atoms with van der Waals surface area (Å²) in [6.45, 7) is 4.06. The van der Waals surface area contributed by atoms with E-state index in [2.05, 4.69) is 24.8 Å². The first kappa shape index (κ1) is 20.0. The van der Waals surface area contributed by atoms with Crippen molar-refractivity contribution in [3.05, 3.63) is 54.3 Å². The van der Waals surface area contributed by atoms with Gasteiger partial charge in [-0.15, -0.1) is 4.40 Å². The zero-order valence-electron chi connectivity index (χ0n) is 16.4. The molecule has 1 atom stereocenters. The lowest BCUT2D eigenvalue weighted by Gasteiger charge is -2.29. The van der Waals surface area contributed by atoms with Gasteiger partial charge in [-0.25, -0.2) is 8.42 Å². The van der Waals surface area contributed by atoms with Gasteiger partial charge >= 0.3 is 0 Å². The number of amides is 1. The van der Waals surface area contributed by atoms with E-state index in [0.29, 0.717) is 5.82 Å². The molecule has 2 aliphatic rings. The van der Waals surface area contributed by atoms with Gasteiger partial charge in [-0.3, -0.25) is 9.78 Å². The molecule has 0 bridgehead atoms. The van der Waals surface area contributed by atoms with Crippen LogP contribution in [-0.2, 0) is 14.8 Å². The van der Waals surface area contributed by atoms with Gasteiger partial charge in [0.1, 0.15) is 6.04 Å². The first-order valence-corrected chi connectivity index (χ1v) is 11.0. The molecular formula is C19H20N6O4S. The number of hydrogen-bond donors (Lipinski definition) is 1. The lowest BCUT2D eigenvalue weighted by molar-refractivity contribution is -0.118. The molecule has 2 aliphatic heterocycles. The molecule has 11 heteroatoms. The maximum Gasteiger partial charge on any atom is 0.256 e. The molecule has 0 aliphatic carbocycles. The van der Waals surface area contributed by atoms with Gasteiger partial charge in [-0.05, 0) is 30.2 Å². The van der Waals surface area contributed by atoms with Crippen LogP contribution in [-0.4, -0.2) is 52.5 Å². The molecular weight excluding hydrogens is 408 g/mol. The first-order chi connectivity index (χ1) is 14.3. The predicted octanol–water partition coefficient (Wildman–Crippen LogP) is 1.44. The number of sulfonamides is 1. The van der Waals surface area contributed by atoms with Crippen molar-refractivity contribution in [1.29, 1.82) is 0 Å². The third-order valence-electron chi connectivity index (χ3n) is 4.70. The molecule has 0 saturated carbocycles. The van der Waals surface area contributed by atoms with Crippen LogP contribution in [0.2, 0.25) is 0 Å². The number of fused-ring (bicyclic) bond motifs is 1. The summed E-state index contributed by atoms with van der Waals surface area (Å²) in [5, 5.41) is 6.87. The summed E-state index contributed by atoms with van der Waals surface area (Å²) in [5.74, 6) is 0.138. The first-order valence-electron chi connectivity index (χ1n) is 9.37. The molecule has 156 valence electrons. The maximum atomic E-state index is 13.0. The van der Waals surface area contributed by atoms with Crippen molar-refractivity contribution in [3.63, 3.8) is 0 Å². The molecule has 1 N–H and O–H groups in total. The van der Waals surface area contributed by atoms with Gasteiger partial charge in [-0.1, -0.05) is 19.0 Å². The van der Waals surface area contributed by atoms with Crippen molar-refractivity contribution < 1.29 is 17.7 Å². The Morgan fingerprint density at radius 3 is 2.77 bits per heavy atom. The SMILES string of the molecule is CC(C)C(NC(=O)C1=CC=CN2CCS(=O)(=O)N=C12)c1nc(-c2ccncc2)no1. The number of pyridine rings is 1. The summed E-state index contributed by atoms with van der Waals surface area (Å²) in [5.41, 5.74) is 0.909. The van der Waals surface area contributed by atoms with Crippen LogP contribution >= 0.6 is 0 Å². The number of nitrogens with zero attached hydrogens (tertiary/aromatic N) is 5. The summed E-state index contributed by atoms with van der Waals surface area (Å²) in [6, 6.07) is 2.95. The summed E-state index contributed by atoms with van der Waals surface area (Å²) in [7, 11) is -3.60. The Kier molecular flexibility index (Phi) is 5.20. The van der Waals surface area contributed by atoms with Crippen molar-refractivity contribution >= 4 is 21.8 Å². The van der Waals surface area contributed by atoms with Crippen LogP contribution < -0.4 is 5.32 Å². The van der Waals surface area contributed by atoms with E-state index in [-0.39, 0.29) is 35.5 Å². The van der Waals surface area contributed by atoms with Gasteiger partial charge < -0.3 is 14.7 Å². The summed E-state index contributed by atoms with van der Waals surface area (Å²) >= 11 is 0. The number of hydrogen-bond acceptors (Lipinski definition) is 8. The minimum atomic E-state index is -3.60. The van der Waals surface area contributed by atoms with Crippen molar-refractivity contribution in [3.8, 4) is 11.4 Å². The Bertz CT molecular complexity index is 1150.